The molecule has 192 valence electrons. The molecule has 1 N–H and O–H groups in total. The molecule has 0 radical (unpaired) electrons. The van der Waals surface area contributed by atoms with Gasteiger partial charge in [-0.25, -0.2) is 9.78 Å². The topological polar surface area (TPSA) is 101 Å². The summed E-state index contributed by atoms with van der Waals surface area (Å²) in [5.41, 5.74) is 3.07. The molecule has 2 aliphatic rings. The Morgan fingerprint density at radius 1 is 1.03 bits per heavy atom. The highest BCUT2D eigenvalue weighted by molar-refractivity contribution is 7.14. The molecule has 10 heteroatoms. The van der Waals surface area contributed by atoms with Gasteiger partial charge in [0.25, 0.3) is 5.91 Å². The zero-order chi connectivity index (χ0) is 25.6. The average molecular weight is 521 g/mol. The number of carbonyl (C=O) groups excluding carboxylic acids is 3. The zero-order valence-corrected chi connectivity index (χ0v) is 21.1. The van der Waals surface area contributed by atoms with Crippen LogP contribution in [0.2, 0.25) is 0 Å². The lowest BCUT2D eigenvalue weighted by atomic mass is 10.1. The molecule has 2 aliphatic heterocycles. The molecule has 9 nitrogen and oxygen atoms in total. The lowest BCUT2D eigenvalue weighted by Gasteiger charge is -2.26. The minimum absolute atomic E-state index is 0.00973. The highest BCUT2D eigenvalue weighted by Gasteiger charge is 2.35. The molecule has 5 rings (SSSR count). The van der Waals surface area contributed by atoms with Crippen molar-refractivity contribution >= 4 is 34.4 Å². The first kappa shape index (κ1) is 24.9. The minimum atomic E-state index is -0.596. The number of hydrogen-bond donors (Lipinski definition) is 1. The Morgan fingerprint density at radius 3 is 2.54 bits per heavy atom. The number of benzene rings is 2. The quantitative estimate of drug-likeness (QED) is 0.527. The number of aromatic nitrogens is 1. The van der Waals surface area contributed by atoms with E-state index >= 15 is 0 Å². The number of morpholine rings is 1. The van der Waals surface area contributed by atoms with E-state index in [1.165, 1.54) is 16.2 Å². The van der Waals surface area contributed by atoms with Crippen molar-refractivity contribution in [2.75, 3.05) is 38.2 Å². The second-order valence-corrected chi connectivity index (χ2v) is 9.76. The molecular formula is C27H28N4O5S. The number of ether oxygens (including phenoxy) is 2. The van der Waals surface area contributed by atoms with Crippen LogP contribution in [0.1, 0.15) is 28.8 Å². The Morgan fingerprint density at radius 2 is 1.78 bits per heavy atom. The molecule has 1 atom stereocenters. The molecule has 0 aliphatic carbocycles. The number of rotatable bonds is 6. The summed E-state index contributed by atoms with van der Waals surface area (Å²) in [6, 6.07) is 16.2. The van der Waals surface area contributed by atoms with E-state index in [1.807, 2.05) is 47.8 Å². The minimum Gasteiger partial charge on any atom is -0.445 e. The monoisotopic (exact) mass is 520 g/mol. The van der Waals surface area contributed by atoms with Crippen molar-refractivity contribution < 1.29 is 23.9 Å². The second-order valence-electron chi connectivity index (χ2n) is 8.90. The van der Waals surface area contributed by atoms with Crippen LogP contribution in [-0.2, 0) is 20.9 Å². The second kappa shape index (κ2) is 11.5. The third kappa shape index (κ3) is 5.98. The largest absolute Gasteiger partial charge is 0.445 e. The van der Waals surface area contributed by atoms with Gasteiger partial charge in [-0.2, -0.15) is 0 Å². The number of carbonyl (C=O) groups is 3. The van der Waals surface area contributed by atoms with Gasteiger partial charge in [-0.05, 0) is 30.5 Å². The van der Waals surface area contributed by atoms with Crippen molar-refractivity contribution in [1.82, 2.24) is 14.8 Å². The molecular weight excluding hydrogens is 492 g/mol. The summed E-state index contributed by atoms with van der Waals surface area (Å²) in [4.78, 5) is 46.1. The Kier molecular flexibility index (Phi) is 7.76. The number of nitrogens with one attached hydrogen (secondary N) is 1. The van der Waals surface area contributed by atoms with Crippen molar-refractivity contribution in [2.45, 2.75) is 25.5 Å². The Bertz CT molecular complexity index is 1240. The first-order valence-electron chi connectivity index (χ1n) is 12.3. The maximum absolute atomic E-state index is 13.0. The average Bonchev–Trinajstić information content (AvgIpc) is 3.63. The maximum Gasteiger partial charge on any atom is 0.410 e. The summed E-state index contributed by atoms with van der Waals surface area (Å²) in [6.45, 7) is 2.95. The Hall–Kier alpha value is -3.76. The smallest absolute Gasteiger partial charge is 0.410 e. The number of likely N-dealkylation sites (tertiary alicyclic amines) is 1. The standard InChI is InChI=1S/C27H28N4O5S/c32-24(23-7-4-12-31(23)27(34)36-17-19-5-2-1-3-6-19)29-26-28-22(18-37-26)20-8-10-21(11-9-20)25(33)30-13-15-35-16-14-30/h1-3,5-6,8-11,18,23H,4,7,12-17H2,(H,28,29,32). The molecule has 1 aromatic heterocycles. The number of hydrogen-bond acceptors (Lipinski definition) is 7. The molecule has 1 unspecified atom stereocenters. The number of thiazole rings is 1. The summed E-state index contributed by atoms with van der Waals surface area (Å²) in [5, 5.41) is 5.16. The summed E-state index contributed by atoms with van der Waals surface area (Å²) in [6.07, 6.45) is 0.813. The number of nitrogens with zero attached hydrogens (tertiary/aromatic N) is 3. The Labute approximate surface area is 219 Å². The van der Waals surface area contributed by atoms with E-state index in [0.29, 0.717) is 55.7 Å². The molecule has 0 saturated carbocycles. The van der Waals surface area contributed by atoms with Crippen LogP contribution in [0.15, 0.2) is 60.0 Å². The van der Waals surface area contributed by atoms with Crippen molar-refractivity contribution in [3.63, 3.8) is 0 Å². The highest BCUT2D eigenvalue weighted by Crippen LogP contribution is 2.27. The first-order valence-corrected chi connectivity index (χ1v) is 13.2. The molecule has 2 saturated heterocycles. The summed E-state index contributed by atoms with van der Waals surface area (Å²) < 4.78 is 10.7. The third-order valence-corrected chi connectivity index (χ3v) is 7.21. The van der Waals surface area contributed by atoms with Crippen LogP contribution >= 0.6 is 11.3 Å². The number of amides is 3. The summed E-state index contributed by atoms with van der Waals surface area (Å²) >= 11 is 1.32. The molecule has 37 heavy (non-hydrogen) atoms. The number of anilines is 1. The van der Waals surface area contributed by atoms with Crippen LogP contribution in [0, 0.1) is 0 Å². The van der Waals surface area contributed by atoms with Crippen LogP contribution in [0.25, 0.3) is 11.3 Å². The van der Waals surface area contributed by atoms with E-state index in [0.717, 1.165) is 17.5 Å². The normalized spacial score (nSPS) is 17.5. The van der Waals surface area contributed by atoms with Crippen molar-refractivity contribution in [3.05, 3.63) is 71.1 Å². The van der Waals surface area contributed by atoms with E-state index < -0.39 is 12.1 Å². The van der Waals surface area contributed by atoms with Crippen LogP contribution in [0.5, 0.6) is 0 Å². The summed E-state index contributed by atoms with van der Waals surface area (Å²) in [7, 11) is 0. The molecule has 2 fully saturated rings. The Balaban J connectivity index is 1.17. The fourth-order valence-corrected chi connectivity index (χ4v) is 5.17. The van der Waals surface area contributed by atoms with Crippen LogP contribution in [0.3, 0.4) is 0 Å². The predicted molar refractivity (Wildman–Crippen MR) is 139 cm³/mol. The van der Waals surface area contributed by atoms with Gasteiger partial charge >= 0.3 is 6.09 Å². The van der Waals surface area contributed by atoms with Crippen molar-refractivity contribution in [3.8, 4) is 11.3 Å². The molecule has 3 aromatic rings. The van der Waals surface area contributed by atoms with Gasteiger partial charge in [-0.1, -0.05) is 42.5 Å². The van der Waals surface area contributed by atoms with Gasteiger partial charge in [-0.3, -0.25) is 14.5 Å². The van der Waals surface area contributed by atoms with Crippen LogP contribution < -0.4 is 5.32 Å². The van der Waals surface area contributed by atoms with Crippen molar-refractivity contribution in [1.29, 1.82) is 0 Å². The maximum atomic E-state index is 13.0. The van der Waals surface area contributed by atoms with Gasteiger partial charge in [-0.15, -0.1) is 11.3 Å². The highest BCUT2D eigenvalue weighted by atomic mass is 32.1. The van der Waals surface area contributed by atoms with E-state index in [9.17, 15) is 14.4 Å². The molecule has 0 bridgehead atoms. The summed E-state index contributed by atoms with van der Waals surface area (Å²) in [5.74, 6) is -0.286. The third-order valence-electron chi connectivity index (χ3n) is 6.46. The molecule has 3 amide bonds. The zero-order valence-electron chi connectivity index (χ0n) is 20.3. The lowest BCUT2D eigenvalue weighted by Crippen LogP contribution is -2.43. The lowest BCUT2D eigenvalue weighted by molar-refractivity contribution is -0.120. The predicted octanol–water partition coefficient (Wildman–Crippen LogP) is 4.02. The van der Waals surface area contributed by atoms with Crippen LogP contribution in [0.4, 0.5) is 9.93 Å². The van der Waals surface area contributed by atoms with E-state index in [-0.39, 0.29) is 18.4 Å². The fourth-order valence-electron chi connectivity index (χ4n) is 4.45. The van der Waals surface area contributed by atoms with Gasteiger partial charge in [0.2, 0.25) is 5.91 Å². The van der Waals surface area contributed by atoms with E-state index in [1.54, 1.807) is 17.0 Å². The fraction of sp³-hybridized carbons (Fsp3) is 0.333. The van der Waals surface area contributed by atoms with Gasteiger partial charge in [0.05, 0.1) is 18.9 Å². The first-order chi connectivity index (χ1) is 18.1. The van der Waals surface area contributed by atoms with Gasteiger partial charge < -0.3 is 19.7 Å². The van der Waals surface area contributed by atoms with Gasteiger partial charge in [0, 0.05) is 36.1 Å². The van der Waals surface area contributed by atoms with Crippen LogP contribution in [-0.4, -0.2) is 71.6 Å². The molecule has 0 spiro atoms. The SMILES string of the molecule is O=C(Nc1nc(-c2ccc(C(=O)N3CCOCC3)cc2)cs1)C1CCCN1C(=O)OCc1ccccc1. The van der Waals surface area contributed by atoms with E-state index in [4.69, 9.17) is 9.47 Å². The molecule has 2 aromatic carbocycles. The van der Waals surface area contributed by atoms with E-state index in [2.05, 4.69) is 10.3 Å². The van der Waals surface area contributed by atoms with Gasteiger partial charge in [0.15, 0.2) is 5.13 Å². The van der Waals surface area contributed by atoms with Gasteiger partial charge in [0.1, 0.15) is 12.6 Å². The van der Waals surface area contributed by atoms with Crippen molar-refractivity contribution in [2.24, 2.45) is 0 Å². The molecule has 3 heterocycles.